The van der Waals surface area contributed by atoms with Gasteiger partial charge in [0.25, 0.3) is 5.91 Å². The Bertz CT molecular complexity index is 508. The summed E-state index contributed by atoms with van der Waals surface area (Å²) in [6, 6.07) is 4.28. The summed E-state index contributed by atoms with van der Waals surface area (Å²) >= 11 is 3.32. The minimum Gasteiger partial charge on any atom is -0.490 e. The number of halogens is 1. The molecule has 0 atom stereocenters. The van der Waals surface area contributed by atoms with Gasteiger partial charge in [0, 0.05) is 30.0 Å². The number of methoxy groups -OCH3 is 1. The van der Waals surface area contributed by atoms with E-state index in [1.807, 2.05) is 0 Å². The van der Waals surface area contributed by atoms with E-state index < -0.39 is 4.92 Å². The number of nitro groups is 1. The molecule has 21 heavy (non-hydrogen) atoms. The van der Waals surface area contributed by atoms with Crippen molar-refractivity contribution in [2.75, 3.05) is 25.5 Å². The number of unbranched alkanes of at least 4 members (excludes halogenated alkanes) is 1. The highest BCUT2D eigenvalue weighted by atomic mass is 79.9. The van der Waals surface area contributed by atoms with Crippen LogP contribution in [0.2, 0.25) is 0 Å². The first-order valence-corrected chi connectivity index (χ1v) is 7.85. The van der Waals surface area contributed by atoms with Crippen molar-refractivity contribution in [1.82, 2.24) is 4.90 Å². The van der Waals surface area contributed by atoms with Gasteiger partial charge in [-0.05, 0) is 18.6 Å². The monoisotopic (exact) mass is 358 g/mol. The molecule has 1 aromatic carbocycles. The number of carbonyl (C=O) groups is 1. The van der Waals surface area contributed by atoms with Gasteiger partial charge in [-0.15, -0.1) is 0 Å². The molecular weight excluding hydrogens is 340 g/mol. The quantitative estimate of drug-likeness (QED) is 0.406. The first kappa shape index (κ1) is 17.4. The molecule has 0 fully saturated rings. The van der Waals surface area contributed by atoms with Crippen molar-refractivity contribution in [3.8, 4) is 5.75 Å². The van der Waals surface area contributed by atoms with Gasteiger partial charge < -0.3 is 9.64 Å². The molecule has 0 aliphatic heterocycles. The normalized spacial score (nSPS) is 10.2. The summed E-state index contributed by atoms with van der Waals surface area (Å²) in [5.41, 5.74) is 0.109. The molecule has 0 aliphatic carbocycles. The average Bonchev–Trinajstić information content (AvgIpc) is 2.50. The molecule has 1 rings (SSSR count). The zero-order valence-corrected chi connectivity index (χ0v) is 13.8. The number of hydrogen-bond acceptors (Lipinski definition) is 4. The second kappa shape index (κ2) is 8.61. The van der Waals surface area contributed by atoms with E-state index in [9.17, 15) is 14.9 Å². The van der Waals surface area contributed by atoms with E-state index in [0.29, 0.717) is 24.0 Å². The SMILES string of the molecule is CCCCN(CCBr)C(=O)c1ccc(OC)c([N+](=O)[O-])c1. The summed E-state index contributed by atoms with van der Waals surface area (Å²) in [4.78, 5) is 24.6. The number of benzene rings is 1. The largest absolute Gasteiger partial charge is 0.490 e. The molecule has 7 heteroatoms. The maximum atomic E-state index is 12.5. The highest BCUT2D eigenvalue weighted by Crippen LogP contribution is 2.28. The third-order valence-corrected chi connectivity index (χ3v) is 3.40. The summed E-state index contributed by atoms with van der Waals surface area (Å²) < 4.78 is 4.94. The number of amides is 1. The number of rotatable bonds is 8. The van der Waals surface area contributed by atoms with Gasteiger partial charge >= 0.3 is 5.69 Å². The molecule has 0 spiro atoms. The molecule has 0 saturated heterocycles. The molecule has 116 valence electrons. The van der Waals surface area contributed by atoms with E-state index in [1.54, 1.807) is 11.0 Å². The third-order valence-electron chi connectivity index (χ3n) is 3.05. The fourth-order valence-electron chi connectivity index (χ4n) is 1.91. The molecular formula is C14H19BrN2O4. The van der Waals surface area contributed by atoms with E-state index in [4.69, 9.17) is 4.74 Å². The number of carbonyl (C=O) groups excluding carboxylic acids is 1. The van der Waals surface area contributed by atoms with Gasteiger partial charge in [0.2, 0.25) is 0 Å². The molecule has 0 aliphatic rings. The smallest absolute Gasteiger partial charge is 0.311 e. The lowest BCUT2D eigenvalue weighted by molar-refractivity contribution is -0.385. The number of nitrogens with zero attached hydrogens (tertiary/aromatic N) is 2. The Morgan fingerprint density at radius 2 is 2.14 bits per heavy atom. The van der Waals surface area contributed by atoms with Crippen molar-refractivity contribution < 1.29 is 14.5 Å². The van der Waals surface area contributed by atoms with Crippen LogP contribution in [0, 0.1) is 10.1 Å². The number of alkyl halides is 1. The van der Waals surface area contributed by atoms with Gasteiger partial charge in [-0.2, -0.15) is 0 Å². The lowest BCUT2D eigenvalue weighted by Gasteiger charge is -2.21. The highest BCUT2D eigenvalue weighted by Gasteiger charge is 2.21. The van der Waals surface area contributed by atoms with Crippen LogP contribution in [-0.2, 0) is 0 Å². The lowest BCUT2D eigenvalue weighted by atomic mass is 10.1. The fraction of sp³-hybridized carbons (Fsp3) is 0.500. The number of nitro benzene ring substituents is 1. The molecule has 0 unspecified atom stereocenters. The Kier molecular flexibility index (Phi) is 7.14. The molecule has 0 N–H and O–H groups in total. The summed E-state index contributed by atoms with van der Waals surface area (Å²) in [7, 11) is 1.36. The first-order chi connectivity index (χ1) is 10.0. The molecule has 1 amide bonds. The lowest BCUT2D eigenvalue weighted by Crippen LogP contribution is -2.33. The molecule has 0 radical (unpaired) electrons. The van der Waals surface area contributed by atoms with Crippen LogP contribution in [0.5, 0.6) is 5.75 Å². The summed E-state index contributed by atoms with van der Waals surface area (Å²) in [6.07, 6.45) is 1.88. The van der Waals surface area contributed by atoms with Crippen molar-refractivity contribution in [1.29, 1.82) is 0 Å². The molecule has 0 heterocycles. The fourth-order valence-corrected chi connectivity index (χ4v) is 2.34. The zero-order chi connectivity index (χ0) is 15.8. The van der Waals surface area contributed by atoms with Gasteiger partial charge in [-0.25, -0.2) is 0 Å². The summed E-state index contributed by atoms with van der Waals surface area (Å²) in [6.45, 7) is 3.26. The standard InChI is InChI=1S/C14H19BrN2O4/c1-3-4-8-16(9-7-15)14(18)11-5-6-13(21-2)12(10-11)17(19)20/h5-6,10H,3-4,7-9H2,1-2H3. The van der Waals surface area contributed by atoms with Crippen molar-refractivity contribution in [3.63, 3.8) is 0 Å². The summed E-state index contributed by atoms with van der Waals surface area (Å²) in [5, 5.41) is 11.7. The van der Waals surface area contributed by atoms with Crippen molar-refractivity contribution in [3.05, 3.63) is 33.9 Å². The van der Waals surface area contributed by atoms with Crippen LogP contribution >= 0.6 is 15.9 Å². The van der Waals surface area contributed by atoms with Gasteiger partial charge in [0.15, 0.2) is 5.75 Å². The number of hydrogen-bond donors (Lipinski definition) is 0. The van der Waals surface area contributed by atoms with E-state index in [0.717, 1.165) is 12.8 Å². The second-order valence-corrected chi connectivity index (χ2v) is 5.27. The third kappa shape index (κ3) is 4.70. The Morgan fingerprint density at radius 1 is 1.43 bits per heavy atom. The maximum Gasteiger partial charge on any atom is 0.311 e. The molecule has 0 aromatic heterocycles. The van der Waals surface area contributed by atoms with Gasteiger partial charge in [0.1, 0.15) is 0 Å². The Hall–Kier alpha value is -1.63. The zero-order valence-electron chi connectivity index (χ0n) is 12.2. The maximum absolute atomic E-state index is 12.5. The van der Waals surface area contributed by atoms with Crippen molar-refractivity contribution in [2.45, 2.75) is 19.8 Å². The van der Waals surface area contributed by atoms with Crippen LogP contribution in [0.25, 0.3) is 0 Å². The van der Waals surface area contributed by atoms with Crippen LogP contribution < -0.4 is 4.74 Å². The molecule has 6 nitrogen and oxygen atoms in total. The number of ether oxygens (including phenoxy) is 1. The van der Waals surface area contributed by atoms with E-state index in [1.165, 1.54) is 19.2 Å². The molecule has 0 bridgehead atoms. The van der Waals surface area contributed by atoms with Crippen LogP contribution in [-0.4, -0.2) is 41.3 Å². The first-order valence-electron chi connectivity index (χ1n) is 6.72. The van der Waals surface area contributed by atoms with Gasteiger partial charge in [-0.3, -0.25) is 14.9 Å². The Labute approximate surface area is 132 Å². The molecule has 1 aromatic rings. The Morgan fingerprint density at radius 3 is 2.67 bits per heavy atom. The van der Waals surface area contributed by atoms with Crippen LogP contribution in [0.4, 0.5) is 5.69 Å². The second-order valence-electron chi connectivity index (χ2n) is 4.48. The highest BCUT2D eigenvalue weighted by molar-refractivity contribution is 9.09. The van der Waals surface area contributed by atoms with Gasteiger partial charge in [0.05, 0.1) is 12.0 Å². The predicted molar refractivity (Wildman–Crippen MR) is 84.3 cm³/mol. The van der Waals surface area contributed by atoms with Crippen LogP contribution in [0.3, 0.4) is 0 Å². The van der Waals surface area contributed by atoms with E-state index in [2.05, 4.69) is 22.9 Å². The summed E-state index contributed by atoms with van der Waals surface area (Å²) in [5.74, 6) is -0.0502. The average molecular weight is 359 g/mol. The topological polar surface area (TPSA) is 72.7 Å². The van der Waals surface area contributed by atoms with Gasteiger partial charge in [-0.1, -0.05) is 29.3 Å². The minimum absolute atomic E-state index is 0.150. The van der Waals surface area contributed by atoms with Crippen molar-refractivity contribution >= 4 is 27.5 Å². The van der Waals surface area contributed by atoms with E-state index >= 15 is 0 Å². The van der Waals surface area contributed by atoms with Crippen LogP contribution in [0.1, 0.15) is 30.1 Å². The molecule has 0 saturated carbocycles. The minimum atomic E-state index is -0.545. The van der Waals surface area contributed by atoms with Crippen LogP contribution in [0.15, 0.2) is 18.2 Å². The van der Waals surface area contributed by atoms with E-state index in [-0.39, 0.29) is 17.3 Å². The van der Waals surface area contributed by atoms with Crippen molar-refractivity contribution in [2.24, 2.45) is 0 Å². The predicted octanol–water partition coefficient (Wildman–Crippen LogP) is 3.24. The Balaban J connectivity index is 3.04.